The molecule has 1 aliphatic heterocycles. The number of piperidine rings is 1. The highest BCUT2D eigenvalue weighted by Crippen LogP contribution is 2.30. The lowest BCUT2D eigenvalue weighted by atomic mass is 9.98. The predicted octanol–water partition coefficient (Wildman–Crippen LogP) is 2.66. The fraction of sp³-hybridized carbons (Fsp3) is 0.588. The minimum atomic E-state index is -0.251. The van der Waals surface area contributed by atoms with Crippen LogP contribution < -0.4 is 5.32 Å². The summed E-state index contributed by atoms with van der Waals surface area (Å²) in [6.45, 7) is 3.96. The molecule has 3 rings (SSSR count). The molecule has 3 nitrogen and oxygen atoms in total. The third-order valence-electron chi connectivity index (χ3n) is 4.52. The lowest BCUT2D eigenvalue weighted by Gasteiger charge is -2.30. The summed E-state index contributed by atoms with van der Waals surface area (Å²) in [5.41, 5.74) is 1.43. The summed E-state index contributed by atoms with van der Waals surface area (Å²) in [6, 6.07) is 7.30. The Kier molecular flexibility index (Phi) is 4.52. The highest BCUT2D eigenvalue weighted by atomic mass is 19.1. The Hall–Kier alpha value is -1.44. The molecule has 112 valence electrons. The van der Waals surface area contributed by atoms with E-state index in [2.05, 4.69) is 16.3 Å². The molecule has 1 aromatic rings. The highest BCUT2D eigenvalue weighted by Gasteiger charge is 2.31. The van der Waals surface area contributed by atoms with Crippen LogP contribution in [0.5, 0.6) is 0 Å². The van der Waals surface area contributed by atoms with E-state index >= 15 is 0 Å². The summed E-state index contributed by atoms with van der Waals surface area (Å²) in [6.07, 6.45) is 4.98. The fourth-order valence-corrected chi connectivity index (χ4v) is 3.21. The molecule has 1 unspecified atom stereocenters. The normalized spacial score (nSPS) is 22.2. The van der Waals surface area contributed by atoms with Gasteiger partial charge >= 0.3 is 0 Å². The van der Waals surface area contributed by atoms with E-state index in [1.54, 1.807) is 6.07 Å². The first-order valence-corrected chi connectivity index (χ1v) is 7.89. The van der Waals surface area contributed by atoms with E-state index in [-0.39, 0.29) is 5.82 Å². The fourth-order valence-electron chi connectivity index (χ4n) is 3.21. The van der Waals surface area contributed by atoms with Gasteiger partial charge in [-0.15, -0.1) is 0 Å². The van der Waals surface area contributed by atoms with E-state index in [4.69, 9.17) is 0 Å². The zero-order valence-electron chi connectivity index (χ0n) is 12.3. The van der Waals surface area contributed by atoms with Gasteiger partial charge in [0.15, 0.2) is 0 Å². The molecule has 0 aromatic heterocycles. The van der Waals surface area contributed by atoms with Crippen molar-refractivity contribution in [2.45, 2.75) is 38.3 Å². The average molecular weight is 287 g/mol. The van der Waals surface area contributed by atoms with Gasteiger partial charge in [-0.25, -0.2) is 4.39 Å². The van der Waals surface area contributed by atoms with Crippen molar-refractivity contribution in [1.29, 1.82) is 5.26 Å². The van der Waals surface area contributed by atoms with Crippen molar-refractivity contribution in [3.63, 3.8) is 0 Å². The lowest BCUT2D eigenvalue weighted by Crippen LogP contribution is -2.39. The predicted molar refractivity (Wildman–Crippen MR) is 80.1 cm³/mol. The molecular formula is C17H22FN3. The molecule has 0 bridgehead atoms. The first-order valence-electron chi connectivity index (χ1n) is 7.89. The zero-order chi connectivity index (χ0) is 14.7. The van der Waals surface area contributed by atoms with Crippen LogP contribution in [0.15, 0.2) is 18.2 Å². The van der Waals surface area contributed by atoms with Gasteiger partial charge in [0.2, 0.25) is 0 Å². The molecule has 1 aliphatic carbocycles. The Morgan fingerprint density at radius 2 is 2.19 bits per heavy atom. The average Bonchev–Trinajstić information content (AvgIpc) is 3.33. The summed E-state index contributed by atoms with van der Waals surface area (Å²) in [5, 5.41) is 12.7. The van der Waals surface area contributed by atoms with E-state index in [9.17, 15) is 9.65 Å². The zero-order valence-corrected chi connectivity index (χ0v) is 12.3. The molecule has 1 N–H and O–H groups in total. The van der Waals surface area contributed by atoms with Crippen molar-refractivity contribution in [3.05, 3.63) is 35.1 Å². The summed E-state index contributed by atoms with van der Waals surface area (Å²) >= 11 is 0. The Balaban J connectivity index is 1.70. The topological polar surface area (TPSA) is 39.1 Å². The number of nitrogens with zero attached hydrogens (tertiary/aromatic N) is 2. The van der Waals surface area contributed by atoms with Gasteiger partial charge in [0, 0.05) is 19.1 Å². The summed E-state index contributed by atoms with van der Waals surface area (Å²) in [5.74, 6) is 0.428. The first-order chi connectivity index (χ1) is 10.3. The van der Waals surface area contributed by atoms with Crippen LogP contribution in [0.1, 0.15) is 36.8 Å². The quantitative estimate of drug-likeness (QED) is 0.905. The van der Waals surface area contributed by atoms with Gasteiger partial charge in [-0.1, -0.05) is 0 Å². The Labute approximate surface area is 125 Å². The molecule has 4 heteroatoms. The van der Waals surface area contributed by atoms with Crippen LogP contribution in [0.25, 0.3) is 0 Å². The molecular weight excluding hydrogens is 265 g/mol. The second-order valence-corrected chi connectivity index (χ2v) is 6.29. The largest absolute Gasteiger partial charge is 0.316 e. The van der Waals surface area contributed by atoms with E-state index < -0.39 is 0 Å². The van der Waals surface area contributed by atoms with Gasteiger partial charge in [0.05, 0.1) is 11.6 Å². The summed E-state index contributed by atoms with van der Waals surface area (Å²) < 4.78 is 13.5. The van der Waals surface area contributed by atoms with Crippen LogP contribution >= 0.6 is 0 Å². The minimum Gasteiger partial charge on any atom is -0.316 e. The van der Waals surface area contributed by atoms with E-state index in [0.717, 1.165) is 25.2 Å². The number of hydrogen-bond acceptors (Lipinski definition) is 3. The smallest absolute Gasteiger partial charge is 0.123 e. The van der Waals surface area contributed by atoms with Crippen molar-refractivity contribution in [1.82, 2.24) is 10.2 Å². The Morgan fingerprint density at radius 1 is 1.33 bits per heavy atom. The number of nitrogens with one attached hydrogen (secondary N) is 1. The van der Waals surface area contributed by atoms with Crippen molar-refractivity contribution in [2.24, 2.45) is 5.92 Å². The SMILES string of the molecule is N#Cc1ccc(F)cc1CN(CC1CCCNC1)C1CC1. The molecule has 0 amide bonds. The summed E-state index contributed by atoms with van der Waals surface area (Å²) in [7, 11) is 0. The van der Waals surface area contributed by atoms with Gasteiger partial charge in [-0.2, -0.15) is 5.26 Å². The van der Waals surface area contributed by atoms with Crippen LogP contribution in [0.4, 0.5) is 4.39 Å². The molecule has 0 radical (unpaired) electrons. The Morgan fingerprint density at radius 3 is 2.86 bits per heavy atom. The first kappa shape index (κ1) is 14.5. The number of nitriles is 1. The number of rotatable bonds is 5. The van der Waals surface area contributed by atoms with Gasteiger partial charge in [0.25, 0.3) is 0 Å². The lowest BCUT2D eigenvalue weighted by molar-refractivity contribution is 0.192. The van der Waals surface area contributed by atoms with Gasteiger partial charge in [-0.3, -0.25) is 4.90 Å². The van der Waals surface area contributed by atoms with Crippen molar-refractivity contribution >= 4 is 0 Å². The minimum absolute atomic E-state index is 0.251. The number of benzene rings is 1. The van der Waals surface area contributed by atoms with Crippen LogP contribution in [0.3, 0.4) is 0 Å². The van der Waals surface area contributed by atoms with Gasteiger partial charge in [0.1, 0.15) is 5.82 Å². The van der Waals surface area contributed by atoms with E-state index in [1.165, 1.54) is 37.8 Å². The Bertz CT molecular complexity index is 527. The van der Waals surface area contributed by atoms with Crippen molar-refractivity contribution in [3.8, 4) is 6.07 Å². The molecule has 1 saturated carbocycles. The summed E-state index contributed by atoms with van der Waals surface area (Å²) in [4.78, 5) is 2.45. The molecule has 1 atom stereocenters. The third kappa shape index (κ3) is 3.81. The maximum atomic E-state index is 13.5. The van der Waals surface area contributed by atoms with Crippen molar-refractivity contribution < 1.29 is 4.39 Å². The maximum absolute atomic E-state index is 13.5. The standard InChI is InChI=1S/C17H22FN3/c18-16-4-3-14(9-19)15(8-16)12-21(17-5-6-17)11-13-2-1-7-20-10-13/h3-4,8,13,17,20H,1-2,5-7,10-12H2. The monoisotopic (exact) mass is 287 g/mol. The van der Waals surface area contributed by atoms with Crippen LogP contribution in [0.2, 0.25) is 0 Å². The second kappa shape index (κ2) is 6.55. The number of halogens is 1. The van der Waals surface area contributed by atoms with Crippen molar-refractivity contribution in [2.75, 3.05) is 19.6 Å². The number of hydrogen-bond donors (Lipinski definition) is 1. The van der Waals surface area contributed by atoms with E-state index in [0.29, 0.717) is 24.1 Å². The maximum Gasteiger partial charge on any atom is 0.123 e. The molecule has 1 saturated heterocycles. The van der Waals surface area contributed by atoms with Crippen LogP contribution in [-0.2, 0) is 6.54 Å². The van der Waals surface area contributed by atoms with Gasteiger partial charge in [-0.05, 0) is 68.5 Å². The second-order valence-electron chi connectivity index (χ2n) is 6.29. The molecule has 2 fully saturated rings. The van der Waals surface area contributed by atoms with Crippen LogP contribution in [-0.4, -0.2) is 30.6 Å². The highest BCUT2D eigenvalue weighted by molar-refractivity contribution is 5.37. The molecule has 1 aromatic carbocycles. The third-order valence-corrected chi connectivity index (χ3v) is 4.52. The van der Waals surface area contributed by atoms with Gasteiger partial charge < -0.3 is 5.32 Å². The molecule has 21 heavy (non-hydrogen) atoms. The van der Waals surface area contributed by atoms with E-state index in [1.807, 2.05) is 0 Å². The molecule has 2 aliphatic rings. The molecule has 1 heterocycles. The van der Waals surface area contributed by atoms with Crippen LogP contribution in [0, 0.1) is 23.1 Å². The molecule has 0 spiro atoms.